The predicted molar refractivity (Wildman–Crippen MR) is 93.4 cm³/mol. The standard InChI is InChI=1S/C19H28N2O3/c1-23-17-7-3-2-6-16(17)19(8-4-5-9-19)15-20-18(22)14-21-10-12-24-13-11-21/h2-3,6-7H,4-5,8-15H2,1H3,(H,20,22). The number of amides is 1. The zero-order valence-corrected chi connectivity index (χ0v) is 14.6. The molecule has 1 aliphatic heterocycles. The summed E-state index contributed by atoms with van der Waals surface area (Å²) in [5.41, 5.74) is 1.24. The van der Waals surface area contributed by atoms with Gasteiger partial charge < -0.3 is 14.8 Å². The van der Waals surface area contributed by atoms with Gasteiger partial charge in [-0.25, -0.2) is 0 Å². The van der Waals surface area contributed by atoms with Gasteiger partial charge in [0.15, 0.2) is 0 Å². The van der Waals surface area contributed by atoms with E-state index in [0.717, 1.165) is 44.9 Å². The molecule has 5 nitrogen and oxygen atoms in total. The number of nitrogens with zero attached hydrogens (tertiary/aromatic N) is 1. The molecule has 0 atom stereocenters. The van der Waals surface area contributed by atoms with Gasteiger partial charge in [-0.3, -0.25) is 9.69 Å². The van der Waals surface area contributed by atoms with Crippen LogP contribution in [-0.2, 0) is 14.9 Å². The SMILES string of the molecule is COc1ccccc1C1(CNC(=O)CN2CCOCC2)CCCC1. The first-order valence-electron chi connectivity index (χ1n) is 8.94. The van der Waals surface area contributed by atoms with Crippen molar-refractivity contribution in [1.29, 1.82) is 0 Å². The molecule has 1 aliphatic carbocycles. The van der Waals surface area contributed by atoms with Crippen LogP contribution in [0, 0.1) is 0 Å². The van der Waals surface area contributed by atoms with Crippen LogP contribution in [-0.4, -0.2) is 57.3 Å². The maximum atomic E-state index is 12.4. The molecule has 0 bridgehead atoms. The lowest BCUT2D eigenvalue weighted by Gasteiger charge is -2.32. The van der Waals surface area contributed by atoms with E-state index in [9.17, 15) is 4.79 Å². The number of hydrogen-bond acceptors (Lipinski definition) is 4. The number of benzene rings is 1. The summed E-state index contributed by atoms with van der Waals surface area (Å²) < 4.78 is 10.9. The van der Waals surface area contributed by atoms with E-state index in [1.807, 2.05) is 12.1 Å². The van der Waals surface area contributed by atoms with E-state index in [2.05, 4.69) is 22.3 Å². The third-order valence-corrected chi connectivity index (χ3v) is 5.33. The molecule has 1 heterocycles. The van der Waals surface area contributed by atoms with Crippen molar-refractivity contribution in [2.24, 2.45) is 0 Å². The highest BCUT2D eigenvalue weighted by Crippen LogP contribution is 2.44. The van der Waals surface area contributed by atoms with Crippen molar-refractivity contribution in [3.63, 3.8) is 0 Å². The maximum absolute atomic E-state index is 12.4. The van der Waals surface area contributed by atoms with Crippen molar-refractivity contribution in [3.8, 4) is 5.75 Å². The minimum absolute atomic E-state index is 0.00721. The molecule has 1 aromatic carbocycles. The van der Waals surface area contributed by atoms with E-state index in [-0.39, 0.29) is 11.3 Å². The number of morpholine rings is 1. The average Bonchev–Trinajstić information content (AvgIpc) is 3.11. The number of methoxy groups -OCH3 is 1. The molecule has 0 radical (unpaired) electrons. The second-order valence-corrected chi connectivity index (χ2v) is 6.85. The Bertz CT molecular complexity index is 549. The van der Waals surface area contributed by atoms with Crippen LogP contribution in [0.4, 0.5) is 0 Å². The van der Waals surface area contributed by atoms with Crippen LogP contribution in [0.25, 0.3) is 0 Å². The summed E-state index contributed by atoms with van der Waals surface area (Å²) in [7, 11) is 1.72. The first-order chi connectivity index (χ1) is 11.7. The van der Waals surface area contributed by atoms with Gasteiger partial charge in [0.25, 0.3) is 0 Å². The summed E-state index contributed by atoms with van der Waals surface area (Å²) in [5, 5.41) is 3.19. The molecule has 0 unspecified atom stereocenters. The van der Waals surface area contributed by atoms with Crippen molar-refractivity contribution < 1.29 is 14.3 Å². The highest BCUT2D eigenvalue weighted by molar-refractivity contribution is 5.78. The number of ether oxygens (including phenoxy) is 2. The van der Waals surface area contributed by atoms with Gasteiger partial charge in [0, 0.05) is 30.6 Å². The minimum atomic E-state index is 0.00721. The molecule has 1 N–H and O–H groups in total. The summed E-state index contributed by atoms with van der Waals surface area (Å²) >= 11 is 0. The predicted octanol–water partition coefficient (Wildman–Crippen LogP) is 1.96. The highest BCUT2D eigenvalue weighted by Gasteiger charge is 2.38. The van der Waals surface area contributed by atoms with E-state index in [0.29, 0.717) is 13.1 Å². The Morgan fingerprint density at radius 2 is 1.96 bits per heavy atom. The zero-order valence-electron chi connectivity index (χ0n) is 14.6. The second kappa shape index (κ2) is 7.99. The van der Waals surface area contributed by atoms with Gasteiger partial charge in [-0.2, -0.15) is 0 Å². The summed E-state index contributed by atoms with van der Waals surface area (Å²) in [4.78, 5) is 14.5. The first kappa shape index (κ1) is 17.2. The zero-order chi connectivity index (χ0) is 16.8. The van der Waals surface area contributed by atoms with Crippen LogP contribution in [0.15, 0.2) is 24.3 Å². The third kappa shape index (κ3) is 3.90. The fraction of sp³-hybridized carbons (Fsp3) is 0.632. The van der Waals surface area contributed by atoms with Crippen LogP contribution < -0.4 is 10.1 Å². The topological polar surface area (TPSA) is 50.8 Å². The molecule has 24 heavy (non-hydrogen) atoms. The molecular formula is C19H28N2O3. The summed E-state index contributed by atoms with van der Waals surface area (Å²) in [5.74, 6) is 1.04. The van der Waals surface area contributed by atoms with Crippen molar-refractivity contribution >= 4 is 5.91 Å². The summed E-state index contributed by atoms with van der Waals surface area (Å²) in [6.45, 7) is 4.27. The maximum Gasteiger partial charge on any atom is 0.234 e. The van der Waals surface area contributed by atoms with Gasteiger partial charge in [-0.1, -0.05) is 31.0 Å². The van der Waals surface area contributed by atoms with E-state index in [1.165, 1.54) is 18.4 Å². The van der Waals surface area contributed by atoms with Gasteiger partial charge >= 0.3 is 0 Å². The van der Waals surface area contributed by atoms with Gasteiger partial charge in [-0.05, 0) is 18.9 Å². The quantitative estimate of drug-likeness (QED) is 0.865. The number of rotatable bonds is 6. The lowest BCUT2D eigenvalue weighted by molar-refractivity contribution is -0.123. The van der Waals surface area contributed by atoms with Crippen molar-refractivity contribution in [2.45, 2.75) is 31.1 Å². The molecule has 3 rings (SSSR count). The smallest absolute Gasteiger partial charge is 0.234 e. The first-order valence-corrected chi connectivity index (χ1v) is 8.94. The lowest BCUT2D eigenvalue weighted by atomic mass is 9.78. The molecule has 1 aromatic rings. The molecule has 1 saturated heterocycles. The second-order valence-electron chi connectivity index (χ2n) is 6.85. The molecule has 0 spiro atoms. The van der Waals surface area contributed by atoms with Crippen LogP contribution in [0.2, 0.25) is 0 Å². The van der Waals surface area contributed by atoms with E-state index in [4.69, 9.17) is 9.47 Å². The molecular weight excluding hydrogens is 304 g/mol. The molecule has 1 saturated carbocycles. The Morgan fingerprint density at radius 3 is 2.67 bits per heavy atom. The number of para-hydroxylation sites is 1. The monoisotopic (exact) mass is 332 g/mol. The van der Waals surface area contributed by atoms with E-state index in [1.54, 1.807) is 7.11 Å². The molecule has 132 valence electrons. The molecule has 5 heteroatoms. The number of carbonyl (C=O) groups excluding carboxylic acids is 1. The van der Waals surface area contributed by atoms with Gasteiger partial charge in [0.1, 0.15) is 5.75 Å². The Hall–Kier alpha value is -1.59. The van der Waals surface area contributed by atoms with Gasteiger partial charge in [-0.15, -0.1) is 0 Å². The van der Waals surface area contributed by atoms with E-state index >= 15 is 0 Å². The fourth-order valence-corrected chi connectivity index (χ4v) is 3.96. The third-order valence-electron chi connectivity index (χ3n) is 5.33. The van der Waals surface area contributed by atoms with Crippen LogP contribution in [0.5, 0.6) is 5.75 Å². The summed E-state index contributed by atoms with van der Waals surface area (Å²) in [6.07, 6.45) is 4.62. The van der Waals surface area contributed by atoms with Crippen LogP contribution >= 0.6 is 0 Å². The Kier molecular flexibility index (Phi) is 5.74. The number of hydrogen-bond donors (Lipinski definition) is 1. The Morgan fingerprint density at radius 1 is 1.25 bits per heavy atom. The van der Waals surface area contributed by atoms with Crippen LogP contribution in [0.1, 0.15) is 31.2 Å². The Balaban J connectivity index is 1.64. The molecule has 1 amide bonds. The number of nitrogens with one attached hydrogen (secondary N) is 1. The van der Waals surface area contributed by atoms with Gasteiger partial charge in [0.2, 0.25) is 5.91 Å². The Labute approximate surface area is 144 Å². The molecule has 0 aromatic heterocycles. The molecule has 2 aliphatic rings. The largest absolute Gasteiger partial charge is 0.496 e. The van der Waals surface area contributed by atoms with E-state index < -0.39 is 0 Å². The van der Waals surface area contributed by atoms with Crippen molar-refractivity contribution in [1.82, 2.24) is 10.2 Å². The van der Waals surface area contributed by atoms with Gasteiger partial charge in [0.05, 0.1) is 26.9 Å². The lowest BCUT2D eigenvalue weighted by Crippen LogP contribution is -2.46. The minimum Gasteiger partial charge on any atom is -0.496 e. The normalized spacial score (nSPS) is 20.7. The summed E-state index contributed by atoms with van der Waals surface area (Å²) in [6, 6.07) is 8.23. The fourth-order valence-electron chi connectivity index (χ4n) is 3.96. The van der Waals surface area contributed by atoms with Crippen molar-refractivity contribution in [3.05, 3.63) is 29.8 Å². The number of carbonyl (C=O) groups is 1. The van der Waals surface area contributed by atoms with Crippen molar-refractivity contribution in [2.75, 3.05) is 46.5 Å². The van der Waals surface area contributed by atoms with Crippen LogP contribution in [0.3, 0.4) is 0 Å². The molecule has 2 fully saturated rings. The average molecular weight is 332 g/mol. The highest BCUT2D eigenvalue weighted by atomic mass is 16.5.